The van der Waals surface area contributed by atoms with Gasteiger partial charge in [-0.2, -0.15) is 0 Å². The van der Waals surface area contributed by atoms with E-state index in [9.17, 15) is 9.59 Å². The molecule has 1 amide bonds. The summed E-state index contributed by atoms with van der Waals surface area (Å²) in [5.74, 6) is 0.857. The molecule has 0 radical (unpaired) electrons. The predicted molar refractivity (Wildman–Crippen MR) is 110 cm³/mol. The van der Waals surface area contributed by atoms with Crippen molar-refractivity contribution in [1.29, 1.82) is 0 Å². The minimum Gasteiger partial charge on any atom is -0.482 e. The number of fused-ring (bicyclic) bond motifs is 1. The molecular formula is C23H26N2O4. The van der Waals surface area contributed by atoms with Crippen molar-refractivity contribution in [2.24, 2.45) is 0 Å². The zero-order chi connectivity index (χ0) is 20.2. The maximum Gasteiger partial charge on any atom is 0.338 e. The molecule has 1 fully saturated rings. The van der Waals surface area contributed by atoms with Crippen molar-refractivity contribution >= 4 is 17.6 Å². The Balaban J connectivity index is 1.36. The monoisotopic (exact) mass is 394 g/mol. The fraction of sp³-hybridized carbons (Fsp3) is 0.391. The largest absolute Gasteiger partial charge is 0.482 e. The number of esters is 1. The lowest BCUT2D eigenvalue weighted by Crippen LogP contribution is -2.45. The number of methoxy groups -OCH3 is 1. The molecule has 6 nitrogen and oxygen atoms in total. The third-order valence-electron chi connectivity index (χ3n) is 5.84. The molecule has 0 unspecified atom stereocenters. The van der Waals surface area contributed by atoms with E-state index in [-0.39, 0.29) is 18.5 Å². The van der Waals surface area contributed by atoms with E-state index >= 15 is 0 Å². The van der Waals surface area contributed by atoms with Crippen LogP contribution < -0.4 is 9.64 Å². The molecule has 29 heavy (non-hydrogen) atoms. The van der Waals surface area contributed by atoms with Gasteiger partial charge in [0, 0.05) is 13.1 Å². The van der Waals surface area contributed by atoms with E-state index in [1.54, 1.807) is 0 Å². The molecule has 0 atom stereocenters. The Kier molecular flexibility index (Phi) is 5.81. The van der Waals surface area contributed by atoms with Crippen LogP contribution in [0.5, 0.6) is 5.75 Å². The van der Waals surface area contributed by atoms with Crippen LogP contribution in [-0.4, -0.2) is 56.7 Å². The zero-order valence-corrected chi connectivity index (χ0v) is 16.7. The number of ether oxygens (including phenoxy) is 2. The van der Waals surface area contributed by atoms with Gasteiger partial charge in [-0.25, -0.2) is 4.79 Å². The van der Waals surface area contributed by atoms with Crippen LogP contribution in [0.3, 0.4) is 0 Å². The summed E-state index contributed by atoms with van der Waals surface area (Å²) in [4.78, 5) is 28.6. The summed E-state index contributed by atoms with van der Waals surface area (Å²) >= 11 is 0. The van der Waals surface area contributed by atoms with Gasteiger partial charge < -0.3 is 19.3 Å². The number of para-hydroxylation sites is 2. The summed E-state index contributed by atoms with van der Waals surface area (Å²) in [7, 11) is 1.42. The highest BCUT2D eigenvalue weighted by Crippen LogP contribution is 2.33. The minimum atomic E-state index is -0.271. The van der Waals surface area contributed by atoms with Crippen LogP contribution in [0.15, 0.2) is 48.5 Å². The van der Waals surface area contributed by atoms with Gasteiger partial charge in [0.1, 0.15) is 5.75 Å². The van der Waals surface area contributed by atoms with Crippen LogP contribution in [0.1, 0.15) is 34.7 Å². The van der Waals surface area contributed by atoms with Crippen molar-refractivity contribution in [3.8, 4) is 5.75 Å². The van der Waals surface area contributed by atoms with Crippen LogP contribution in [-0.2, 0) is 9.53 Å². The number of carbonyl (C=O) groups excluding carboxylic acids is 2. The van der Waals surface area contributed by atoms with Crippen molar-refractivity contribution in [3.63, 3.8) is 0 Å². The Hall–Kier alpha value is -2.86. The van der Waals surface area contributed by atoms with Gasteiger partial charge in [-0.05, 0) is 55.6 Å². The van der Waals surface area contributed by atoms with Gasteiger partial charge >= 0.3 is 5.97 Å². The maximum atomic E-state index is 12.3. The molecule has 2 aromatic rings. The number of anilines is 1. The topological polar surface area (TPSA) is 59.1 Å². The Morgan fingerprint density at radius 2 is 1.79 bits per heavy atom. The van der Waals surface area contributed by atoms with Crippen molar-refractivity contribution in [3.05, 3.63) is 59.7 Å². The smallest absolute Gasteiger partial charge is 0.338 e. The highest BCUT2D eigenvalue weighted by atomic mass is 16.5. The van der Waals surface area contributed by atoms with Gasteiger partial charge in [-0.15, -0.1) is 0 Å². The van der Waals surface area contributed by atoms with Gasteiger partial charge in [0.2, 0.25) is 0 Å². The Morgan fingerprint density at radius 3 is 2.59 bits per heavy atom. The standard InChI is InChI=1S/C23H26N2O4/c1-28-23(27)19-7-3-2-6-18(19)17-10-12-24(13-11-17)14-15-25-20-8-4-5-9-21(20)29-16-22(25)26/h2-9,17H,10-16H2,1H3. The van der Waals surface area contributed by atoms with E-state index in [4.69, 9.17) is 9.47 Å². The van der Waals surface area contributed by atoms with Crippen LogP contribution >= 0.6 is 0 Å². The summed E-state index contributed by atoms with van der Waals surface area (Å²) in [5.41, 5.74) is 2.60. The summed E-state index contributed by atoms with van der Waals surface area (Å²) in [6.45, 7) is 3.47. The van der Waals surface area contributed by atoms with Crippen LogP contribution in [0.2, 0.25) is 0 Å². The first-order valence-electron chi connectivity index (χ1n) is 10.1. The molecule has 2 aliphatic rings. The first-order valence-corrected chi connectivity index (χ1v) is 10.1. The van der Waals surface area contributed by atoms with Crippen molar-refractivity contribution in [2.75, 3.05) is 44.8 Å². The maximum absolute atomic E-state index is 12.3. The number of carbonyl (C=O) groups is 2. The number of hydrogen-bond donors (Lipinski definition) is 0. The van der Waals surface area contributed by atoms with Crippen LogP contribution in [0.25, 0.3) is 0 Å². The SMILES string of the molecule is COC(=O)c1ccccc1C1CCN(CCN2C(=O)COc3ccccc32)CC1. The molecule has 6 heteroatoms. The number of amides is 1. The van der Waals surface area contributed by atoms with Crippen molar-refractivity contribution in [2.45, 2.75) is 18.8 Å². The number of benzene rings is 2. The van der Waals surface area contributed by atoms with Crippen molar-refractivity contribution < 1.29 is 19.1 Å². The van der Waals surface area contributed by atoms with Gasteiger partial charge in [-0.3, -0.25) is 4.79 Å². The number of likely N-dealkylation sites (tertiary alicyclic amines) is 1. The normalized spacial score (nSPS) is 17.6. The Morgan fingerprint density at radius 1 is 1.07 bits per heavy atom. The van der Waals surface area contributed by atoms with E-state index in [1.165, 1.54) is 7.11 Å². The van der Waals surface area contributed by atoms with Gasteiger partial charge in [-0.1, -0.05) is 30.3 Å². The average Bonchev–Trinajstić information content (AvgIpc) is 2.78. The summed E-state index contributed by atoms with van der Waals surface area (Å²) < 4.78 is 10.5. The van der Waals surface area contributed by atoms with Gasteiger partial charge in [0.25, 0.3) is 5.91 Å². The molecule has 0 N–H and O–H groups in total. The molecule has 152 valence electrons. The second-order valence-corrected chi connectivity index (χ2v) is 7.50. The Bertz CT molecular complexity index is 890. The van der Waals surface area contributed by atoms with Crippen LogP contribution in [0, 0.1) is 0 Å². The van der Waals surface area contributed by atoms with E-state index in [2.05, 4.69) is 4.90 Å². The van der Waals surface area contributed by atoms with Crippen LogP contribution in [0.4, 0.5) is 5.69 Å². The molecular weight excluding hydrogens is 368 g/mol. The van der Waals surface area contributed by atoms with Crippen molar-refractivity contribution in [1.82, 2.24) is 4.90 Å². The number of hydrogen-bond acceptors (Lipinski definition) is 5. The first-order chi connectivity index (χ1) is 14.2. The minimum absolute atomic E-state index is 0.00518. The molecule has 2 aliphatic heterocycles. The lowest BCUT2D eigenvalue weighted by molar-refractivity contribution is -0.121. The molecule has 2 aromatic carbocycles. The highest BCUT2D eigenvalue weighted by molar-refractivity contribution is 5.97. The second-order valence-electron chi connectivity index (χ2n) is 7.50. The molecule has 0 spiro atoms. The summed E-state index contributed by atoms with van der Waals surface area (Å²) in [5, 5.41) is 0. The summed E-state index contributed by atoms with van der Waals surface area (Å²) in [6, 6.07) is 15.4. The molecule has 0 saturated carbocycles. The first kappa shape index (κ1) is 19.5. The predicted octanol–water partition coefficient (Wildman–Crippen LogP) is 3.08. The zero-order valence-electron chi connectivity index (χ0n) is 16.7. The lowest BCUT2D eigenvalue weighted by Gasteiger charge is -2.35. The lowest BCUT2D eigenvalue weighted by atomic mass is 9.86. The number of rotatable bonds is 5. The fourth-order valence-corrected chi connectivity index (χ4v) is 4.26. The number of piperidine rings is 1. The molecule has 0 aromatic heterocycles. The summed E-state index contributed by atoms with van der Waals surface area (Å²) in [6.07, 6.45) is 1.98. The fourth-order valence-electron chi connectivity index (χ4n) is 4.26. The third kappa shape index (κ3) is 4.12. The van der Waals surface area contributed by atoms with Gasteiger partial charge in [0.05, 0.1) is 18.4 Å². The van der Waals surface area contributed by atoms with Gasteiger partial charge in [0.15, 0.2) is 6.61 Å². The molecule has 0 bridgehead atoms. The third-order valence-corrected chi connectivity index (χ3v) is 5.84. The molecule has 4 rings (SSSR count). The van der Waals surface area contributed by atoms with E-state index in [0.29, 0.717) is 18.0 Å². The Labute approximate surface area is 171 Å². The van der Waals surface area contributed by atoms with E-state index in [1.807, 2.05) is 53.4 Å². The van der Waals surface area contributed by atoms with E-state index in [0.717, 1.165) is 49.5 Å². The highest BCUT2D eigenvalue weighted by Gasteiger charge is 2.28. The molecule has 0 aliphatic carbocycles. The van der Waals surface area contributed by atoms with E-state index < -0.39 is 0 Å². The number of nitrogens with zero attached hydrogens (tertiary/aromatic N) is 2. The average molecular weight is 394 g/mol. The quantitative estimate of drug-likeness (QED) is 0.730. The second kappa shape index (κ2) is 8.66. The molecule has 2 heterocycles. The molecule has 1 saturated heterocycles.